The first kappa shape index (κ1) is 12.0. The minimum atomic E-state index is -0.684. The lowest BCUT2D eigenvalue weighted by atomic mass is 9.99. The fourth-order valence-electron chi connectivity index (χ4n) is 1.08. The first-order valence-corrected chi connectivity index (χ1v) is 5.81. The van der Waals surface area contributed by atoms with E-state index in [2.05, 4.69) is 21.3 Å². The average molecular weight is 225 g/mol. The third kappa shape index (κ3) is 4.81. The Morgan fingerprint density at radius 2 is 2.47 bits per heavy atom. The maximum absolute atomic E-state index is 8.70. The van der Waals surface area contributed by atoms with Gasteiger partial charge in [-0.15, -0.1) is 0 Å². The summed E-state index contributed by atoms with van der Waals surface area (Å²) in [6.07, 6.45) is 4.22. The van der Waals surface area contributed by atoms with E-state index in [1.165, 1.54) is 6.33 Å². The lowest BCUT2D eigenvalue weighted by Crippen LogP contribution is -2.33. The molecule has 0 saturated heterocycles. The Morgan fingerprint density at radius 3 is 3.07 bits per heavy atom. The molecule has 0 spiro atoms. The Kier molecular flexibility index (Phi) is 4.59. The van der Waals surface area contributed by atoms with Gasteiger partial charge in [0.05, 0.1) is 6.07 Å². The third-order valence-electron chi connectivity index (χ3n) is 1.98. The topological polar surface area (TPSA) is 91.4 Å². The van der Waals surface area contributed by atoms with Crippen LogP contribution in [0.15, 0.2) is 11.5 Å². The first-order valence-electron chi connectivity index (χ1n) is 4.82. The highest BCUT2D eigenvalue weighted by Gasteiger charge is 2.15. The molecule has 1 atom stereocenters. The number of nitriles is 1. The highest BCUT2D eigenvalue weighted by molar-refractivity contribution is 7.99. The van der Waals surface area contributed by atoms with Crippen molar-refractivity contribution in [3.05, 3.63) is 6.33 Å². The molecule has 1 aromatic rings. The van der Waals surface area contributed by atoms with Crippen LogP contribution in [0.3, 0.4) is 0 Å². The molecule has 15 heavy (non-hydrogen) atoms. The van der Waals surface area contributed by atoms with Crippen LogP contribution in [0.1, 0.15) is 26.2 Å². The van der Waals surface area contributed by atoms with Crippen LogP contribution in [-0.4, -0.2) is 26.5 Å². The number of thioether (sulfide) groups is 1. The number of H-pyrrole nitrogens is 1. The second-order valence-corrected chi connectivity index (χ2v) is 4.71. The Bertz CT molecular complexity index is 314. The molecule has 0 amide bonds. The molecule has 0 aromatic carbocycles. The summed E-state index contributed by atoms with van der Waals surface area (Å²) in [5.41, 5.74) is 5.01. The smallest absolute Gasteiger partial charge is 0.183 e. The number of aromatic amines is 1. The summed E-state index contributed by atoms with van der Waals surface area (Å²) in [5.74, 6) is 0.969. The predicted molar refractivity (Wildman–Crippen MR) is 59.2 cm³/mol. The molecule has 3 N–H and O–H groups in total. The van der Waals surface area contributed by atoms with Crippen molar-refractivity contribution in [1.29, 1.82) is 5.26 Å². The van der Waals surface area contributed by atoms with Crippen molar-refractivity contribution in [3.8, 4) is 6.07 Å². The highest BCUT2D eigenvalue weighted by Crippen LogP contribution is 2.15. The van der Waals surface area contributed by atoms with Crippen LogP contribution >= 0.6 is 11.8 Å². The molecule has 1 rings (SSSR count). The van der Waals surface area contributed by atoms with Crippen molar-refractivity contribution in [2.24, 2.45) is 5.73 Å². The second-order valence-electron chi connectivity index (χ2n) is 3.63. The SMILES string of the molecule is CC(N)(C#N)CCCCSc1ncn[nH]1. The zero-order valence-electron chi connectivity index (χ0n) is 8.73. The van der Waals surface area contributed by atoms with E-state index in [9.17, 15) is 0 Å². The minimum Gasteiger partial charge on any atom is -0.314 e. The Morgan fingerprint density at radius 1 is 1.67 bits per heavy atom. The summed E-state index contributed by atoms with van der Waals surface area (Å²) in [5, 5.41) is 16.1. The maximum atomic E-state index is 8.70. The molecule has 1 aromatic heterocycles. The number of hydrogen-bond acceptors (Lipinski definition) is 5. The van der Waals surface area contributed by atoms with Gasteiger partial charge in [0, 0.05) is 5.75 Å². The van der Waals surface area contributed by atoms with Crippen molar-refractivity contribution in [1.82, 2.24) is 15.2 Å². The van der Waals surface area contributed by atoms with Crippen LogP contribution in [0.2, 0.25) is 0 Å². The number of nitrogens with two attached hydrogens (primary N) is 1. The zero-order chi connectivity index (χ0) is 11.1. The molecule has 0 bridgehead atoms. The number of hydrogen-bond donors (Lipinski definition) is 2. The average Bonchev–Trinajstić information content (AvgIpc) is 2.70. The van der Waals surface area contributed by atoms with E-state index in [1.807, 2.05) is 0 Å². The van der Waals surface area contributed by atoms with E-state index in [0.29, 0.717) is 0 Å². The summed E-state index contributed by atoms with van der Waals surface area (Å²) in [6, 6.07) is 2.09. The molecule has 1 unspecified atom stereocenters. The van der Waals surface area contributed by atoms with Crippen molar-refractivity contribution >= 4 is 11.8 Å². The summed E-state index contributed by atoms with van der Waals surface area (Å²) in [7, 11) is 0. The van der Waals surface area contributed by atoms with Crippen molar-refractivity contribution < 1.29 is 0 Å². The molecule has 82 valence electrons. The van der Waals surface area contributed by atoms with Gasteiger partial charge in [-0.2, -0.15) is 10.4 Å². The molecular formula is C9H15N5S. The van der Waals surface area contributed by atoms with E-state index in [4.69, 9.17) is 11.0 Å². The molecule has 0 saturated carbocycles. The normalized spacial score (nSPS) is 14.5. The van der Waals surface area contributed by atoms with Crippen molar-refractivity contribution in [3.63, 3.8) is 0 Å². The quantitative estimate of drug-likeness (QED) is 0.562. The predicted octanol–water partition coefficient (Wildman–Crippen LogP) is 1.31. The summed E-state index contributed by atoms with van der Waals surface area (Å²) >= 11 is 1.63. The van der Waals surface area contributed by atoms with Crippen LogP contribution in [0.4, 0.5) is 0 Å². The Hall–Kier alpha value is -1.06. The van der Waals surface area contributed by atoms with Gasteiger partial charge in [-0.05, 0) is 26.2 Å². The summed E-state index contributed by atoms with van der Waals surface area (Å²) in [6.45, 7) is 1.76. The first-order chi connectivity index (χ1) is 7.14. The van der Waals surface area contributed by atoms with Gasteiger partial charge in [0.25, 0.3) is 0 Å². The Labute approximate surface area is 93.5 Å². The van der Waals surface area contributed by atoms with Gasteiger partial charge in [0.1, 0.15) is 11.9 Å². The third-order valence-corrected chi connectivity index (χ3v) is 2.94. The second kappa shape index (κ2) is 5.73. The van der Waals surface area contributed by atoms with Crippen LogP contribution in [0, 0.1) is 11.3 Å². The molecule has 0 aliphatic carbocycles. The Balaban J connectivity index is 2.06. The van der Waals surface area contributed by atoms with Crippen LogP contribution in [0.5, 0.6) is 0 Å². The van der Waals surface area contributed by atoms with Gasteiger partial charge in [-0.25, -0.2) is 4.98 Å². The van der Waals surface area contributed by atoms with Gasteiger partial charge in [0.15, 0.2) is 5.16 Å². The number of nitrogens with zero attached hydrogens (tertiary/aromatic N) is 3. The fraction of sp³-hybridized carbons (Fsp3) is 0.667. The molecule has 6 heteroatoms. The minimum absolute atomic E-state index is 0.684. The maximum Gasteiger partial charge on any atom is 0.183 e. The standard InChI is InChI=1S/C9H15N5S/c1-9(11,6-10)4-2-3-5-15-8-12-7-13-14-8/h7H,2-5,11H2,1H3,(H,12,13,14). The summed E-state index contributed by atoms with van der Waals surface area (Å²) < 4.78 is 0. The van der Waals surface area contributed by atoms with Crippen LogP contribution in [-0.2, 0) is 0 Å². The lowest BCUT2D eigenvalue weighted by Gasteiger charge is -2.13. The van der Waals surface area contributed by atoms with Gasteiger partial charge < -0.3 is 5.73 Å². The number of nitrogens with one attached hydrogen (secondary N) is 1. The van der Waals surface area contributed by atoms with Crippen molar-refractivity contribution in [2.45, 2.75) is 36.9 Å². The van der Waals surface area contributed by atoms with E-state index < -0.39 is 5.54 Å². The number of aromatic nitrogens is 3. The molecule has 0 aliphatic heterocycles. The molecular weight excluding hydrogens is 210 g/mol. The fourth-order valence-corrected chi connectivity index (χ4v) is 1.86. The van der Waals surface area contributed by atoms with Gasteiger partial charge >= 0.3 is 0 Å². The molecule has 5 nitrogen and oxygen atoms in total. The molecule has 0 aliphatic rings. The largest absolute Gasteiger partial charge is 0.314 e. The van der Waals surface area contributed by atoms with E-state index in [0.717, 1.165) is 30.2 Å². The van der Waals surface area contributed by atoms with Gasteiger partial charge in [-0.3, -0.25) is 5.10 Å². The highest BCUT2D eigenvalue weighted by atomic mass is 32.2. The van der Waals surface area contributed by atoms with Gasteiger partial charge in [0.2, 0.25) is 0 Å². The van der Waals surface area contributed by atoms with E-state index in [-0.39, 0.29) is 0 Å². The molecule has 0 radical (unpaired) electrons. The monoisotopic (exact) mass is 225 g/mol. The van der Waals surface area contributed by atoms with Crippen LogP contribution in [0.25, 0.3) is 0 Å². The molecule has 0 fully saturated rings. The molecule has 1 heterocycles. The number of rotatable bonds is 6. The number of unbranched alkanes of at least 4 members (excludes halogenated alkanes) is 1. The summed E-state index contributed by atoms with van der Waals surface area (Å²) in [4.78, 5) is 4.00. The van der Waals surface area contributed by atoms with Gasteiger partial charge in [-0.1, -0.05) is 11.8 Å². The van der Waals surface area contributed by atoms with Crippen LogP contribution < -0.4 is 5.73 Å². The zero-order valence-corrected chi connectivity index (χ0v) is 9.55. The van der Waals surface area contributed by atoms with Crippen molar-refractivity contribution in [2.75, 3.05) is 5.75 Å². The van der Waals surface area contributed by atoms with E-state index in [1.54, 1.807) is 18.7 Å². The van der Waals surface area contributed by atoms with E-state index >= 15 is 0 Å². The lowest BCUT2D eigenvalue weighted by molar-refractivity contribution is 0.519.